The molecule has 0 saturated heterocycles. The van der Waals surface area contributed by atoms with Gasteiger partial charge in [-0.2, -0.15) is 0 Å². The summed E-state index contributed by atoms with van der Waals surface area (Å²) in [5.41, 5.74) is 3.43. The van der Waals surface area contributed by atoms with Crippen LogP contribution in [0.1, 0.15) is 0 Å². The lowest BCUT2D eigenvalue weighted by Crippen LogP contribution is -2.08. The van der Waals surface area contributed by atoms with Crippen LogP contribution < -0.4 is 4.90 Å². The highest BCUT2D eigenvalue weighted by molar-refractivity contribution is 6.12. The summed E-state index contributed by atoms with van der Waals surface area (Å²) in [5, 5.41) is 3.71. The molecule has 2 heterocycles. The van der Waals surface area contributed by atoms with E-state index < -0.39 is 0 Å². The fraction of sp³-hybridized carbons (Fsp3) is 0.118. The molecule has 0 bridgehead atoms. The minimum absolute atomic E-state index is 1.02. The molecule has 98 valence electrons. The van der Waals surface area contributed by atoms with E-state index in [1.54, 1.807) is 0 Å². The maximum Gasteiger partial charge on any atom is 0.145 e. The Morgan fingerprint density at radius 3 is 2.55 bits per heavy atom. The SMILES string of the molecule is CN(C)c1ccc2c(c1)c1ccccc1c1nccn21. The Labute approximate surface area is 117 Å². The first-order valence-corrected chi connectivity index (χ1v) is 6.70. The summed E-state index contributed by atoms with van der Waals surface area (Å²) < 4.78 is 2.16. The number of fused-ring (bicyclic) bond motifs is 6. The van der Waals surface area contributed by atoms with Gasteiger partial charge in [0.15, 0.2) is 0 Å². The molecule has 2 aromatic carbocycles. The van der Waals surface area contributed by atoms with Gasteiger partial charge < -0.3 is 4.90 Å². The third kappa shape index (κ3) is 1.43. The molecule has 0 amide bonds. The number of anilines is 1. The van der Waals surface area contributed by atoms with Gasteiger partial charge in [0.1, 0.15) is 5.65 Å². The molecule has 0 atom stereocenters. The zero-order valence-corrected chi connectivity index (χ0v) is 11.5. The van der Waals surface area contributed by atoms with E-state index in [1.807, 2.05) is 12.4 Å². The topological polar surface area (TPSA) is 20.5 Å². The fourth-order valence-corrected chi connectivity index (χ4v) is 2.84. The van der Waals surface area contributed by atoms with Gasteiger partial charge >= 0.3 is 0 Å². The zero-order valence-electron chi connectivity index (χ0n) is 11.5. The molecular formula is C17H15N3. The average molecular weight is 261 g/mol. The van der Waals surface area contributed by atoms with E-state index >= 15 is 0 Å². The molecule has 0 aliphatic rings. The van der Waals surface area contributed by atoms with Crippen LogP contribution >= 0.6 is 0 Å². The predicted molar refractivity (Wildman–Crippen MR) is 84.5 cm³/mol. The van der Waals surface area contributed by atoms with Crippen molar-refractivity contribution in [1.82, 2.24) is 9.38 Å². The molecule has 3 nitrogen and oxygen atoms in total. The summed E-state index contributed by atoms with van der Waals surface area (Å²) in [4.78, 5) is 6.64. The van der Waals surface area contributed by atoms with Crippen LogP contribution in [0.3, 0.4) is 0 Å². The number of hydrogen-bond donors (Lipinski definition) is 0. The van der Waals surface area contributed by atoms with Crippen molar-refractivity contribution in [2.75, 3.05) is 19.0 Å². The first-order chi connectivity index (χ1) is 9.75. The number of rotatable bonds is 1. The van der Waals surface area contributed by atoms with Crippen LogP contribution in [0.4, 0.5) is 5.69 Å². The summed E-state index contributed by atoms with van der Waals surface area (Å²) in [6.07, 6.45) is 3.89. The molecule has 0 radical (unpaired) electrons. The van der Waals surface area contributed by atoms with Crippen LogP contribution in [0.25, 0.3) is 27.3 Å². The van der Waals surface area contributed by atoms with Gasteiger partial charge in [0.25, 0.3) is 0 Å². The van der Waals surface area contributed by atoms with Crippen LogP contribution in [-0.4, -0.2) is 23.5 Å². The van der Waals surface area contributed by atoms with Gasteiger partial charge in [0, 0.05) is 42.9 Å². The normalized spacial score (nSPS) is 11.5. The van der Waals surface area contributed by atoms with Gasteiger partial charge in [-0.3, -0.25) is 4.40 Å². The van der Waals surface area contributed by atoms with Crippen LogP contribution in [-0.2, 0) is 0 Å². The van der Waals surface area contributed by atoms with Crippen LogP contribution in [0.5, 0.6) is 0 Å². The number of benzene rings is 2. The molecule has 0 aliphatic carbocycles. The van der Waals surface area contributed by atoms with Gasteiger partial charge in [-0.15, -0.1) is 0 Å². The molecule has 0 N–H and O–H groups in total. The van der Waals surface area contributed by atoms with Crippen molar-refractivity contribution in [2.24, 2.45) is 0 Å². The fourth-order valence-electron chi connectivity index (χ4n) is 2.84. The van der Waals surface area contributed by atoms with Gasteiger partial charge in [0.05, 0.1) is 5.52 Å². The molecule has 0 saturated carbocycles. The van der Waals surface area contributed by atoms with E-state index in [4.69, 9.17) is 0 Å². The number of imidazole rings is 1. The number of nitrogens with zero attached hydrogens (tertiary/aromatic N) is 3. The second-order valence-corrected chi connectivity index (χ2v) is 5.26. The van der Waals surface area contributed by atoms with Crippen molar-refractivity contribution in [1.29, 1.82) is 0 Å². The number of pyridine rings is 1. The van der Waals surface area contributed by atoms with Gasteiger partial charge in [0.2, 0.25) is 0 Å². The van der Waals surface area contributed by atoms with Crippen LogP contribution in [0, 0.1) is 0 Å². The van der Waals surface area contributed by atoms with Crippen molar-refractivity contribution >= 4 is 33.0 Å². The third-order valence-corrected chi connectivity index (χ3v) is 3.85. The van der Waals surface area contributed by atoms with E-state index in [0.717, 1.165) is 5.65 Å². The molecule has 0 unspecified atom stereocenters. The minimum Gasteiger partial charge on any atom is -0.378 e. The summed E-state index contributed by atoms with van der Waals surface area (Å²) in [6.45, 7) is 0. The largest absolute Gasteiger partial charge is 0.378 e. The second-order valence-electron chi connectivity index (χ2n) is 5.26. The van der Waals surface area contributed by atoms with Gasteiger partial charge in [-0.1, -0.05) is 24.3 Å². The van der Waals surface area contributed by atoms with E-state index in [9.17, 15) is 0 Å². The molecule has 4 aromatic rings. The Balaban J connectivity index is 2.29. The van der Waals surface area contributed by atoms with Crippen LogP contribution in [0.15, 0.2) is 54.9 Å². The Bertz CT molecular complexity index is 935. The van der Waals surface area contributed by atoms with Crippen molar-refractivity contribution < 1.29 is 0 Å². The first-order valence-electron chi connectivity index (χ1n) is 6.70. The van der Waals surface area contributed by atoms with Crippen molar-refractivity contribution in [3.8, 4) is 0 Å². The Morgan fingerprint density at radius 2 is 1.75 bits per heavy atom. The van der Waals surface area contributed by atoms with Crippen LogP contribution in [0.2, 0.25) is 0 Å². The molecule has 2 aromatic heterocycles. The summed E-state index contributed by atoms with van der Waals surface area (Å²) in [5.74, 6) is 0. The maximum atomic E-state index is 4.51. The molecule has 0 aliphatic heterocycles. The lowest BCUT2D eigenvalue weighted by atomic mass is 10.1. The van der Waals surface area contributed by atoms with Gasteiger partial charge in [-0.25, -0.2) is 4.98 Å². The highest BCUT2D eigenvalue weighted by Crippen LogP contribution is 2.31. The van der Waals surface area contributed by atoms with E-state index in [2.05, 4.69) is 70.8 Å². The van der Waals surface area contributed by atoms with E-state index in [-0.39, 0.29) is 0 Å². The second kappa shape index (κ2) is 3.97. The standard InChI is InChI=1S/C17H15N3/c1-19(2)12-7-8-16-15(11-12)13-5-3-4-6-14(13)17-18-9-10-20(16)17/h3-11H,1-2H3. The zero-order chi connectivity index (χ0) is 13.7. The highest BCUT2D eigenvalue weighted by Gasteiger charge is 2.09. The Kier molecular flexibility index (Phi) is 2.24. The smallest absolute Gasteiger partial charge is 0.145 e. The van der Waals surface area contributed by atoms with Crippen molar-refractivity contribution in [3.05, 3.63) is 54.9 Å². The number of aromatic nitrogens is 2. The van der Waals surface area contributed by atoms with E-state index in [1.165, 1.54) is 27.4 Å². The predicted octanol–water partition coefficient (Wildman–Crippen LogP) is 3.71. The minimum atomic E-state index is 1.02. The molecular weight excluding hydrogens is 246 g/mol. The third-order valence-electron chi connectivity index (χ3n) is 3.85. The summed E-state index contributed by atoms with van der Waals surface area (Å²) >= 11 is 0. The number of hydrogen-bond acceptors (Lipinski definition) is 2. The lowest BCUT2D eigenvalue weighted by Gasteiger charge is -2.15. The van der Waals surface area contributed by atoms with E-state index in [0.29, 0.717) is 0 Å². The van der Waals surface area contributed by atoms with Crippen molar-refractivity contribution in [2.45, 2.75) is 0 Å². The monoisotopic (exact) mass is 261 g/mol. The molecule has 0 fully saturated rings. The first kappa shape index (κ1) is 11.3. The van der Waals surface area contributed by atoms with Gasteiger partial charge in [-0.05, 0) is 23.6 Å². The molecule has 0 spiro atoms. The summed E-state index contributed by atoms with van der Waals surface area (Å²) in [6, 6.07) is 15.0. The highest BCUT2D eigenvalue weighted by atomic mass is 15.1. The molecule has 3 heteroatoms. The van der Waals surface area contributed by atoms with Crippen molar-refractivity contribution in [3.63, 3.8) is 0 Å². The summed E-state index contributed by atoms with van der Waals surface area (Å²) in [7, 11) is 4.14. The Morgan fingerprint density at radius 1 is 0.950 bits per heavy atom. The average Bonchev–Trinajstić information content (AvgIpc) is 2.96. The maximum absolute atomic E-state index is 4.51. The Hall–Kier alpha value is -2.55. The molecule has 4 rings (SSSR count). The quantitative estimate of drug-likeness (QED) is 0.487. The molecule has 20 heavy (non-hydrogen) atoms. The lowest BCUT2D eigenvalue weighted by molar-refractivity contribution is 1.13.